The molecule has 0 aliphatic heterocycles. The van der Waals surface area contributed by atoms with Gasteiger partial charge in [0.15, 0.2) is 0 Å². The van der Waals surface area contributed by atoms with Crippen LogP contribution in [0.25, 0.3) is 0 Å². The highest BCUT2D eigenvalue weighted by Crippen LogP contribution is 2.06. The van der Waals surface area contributed by atoms with Gasteiger partial charge in [-0.25, -0.2) is 4.98 Å². The first kappa shape index (κ1) is 13.2. The molecule has 0 aliphatic rings. The molecular weight excluding hydrogens is 321 g/mol. The molecule has 5 nitrogen and oxygen atoms in total. The van der Waals surface area contributed by atoms with E-state index in [1.54, 1.807) is 6.20 Å². The van der Waals surface area contributed by atoms with Gasteiger partial charge in [-0.1, -0.05) is 0 Å². The van der Waals surface area contributed by atoms with Crippen LogP contribution in [0.3, 0.4) is 0 Å². The van der Waals surface area contributed by atoms with Crippen molar-refractivity contribution in [2.75, 3.05) is 32.1 Å². The van der Waals surface area contributed by atoms with E-state index < -0.39 is 0 Å². The molecule has 0 saturated heterocycles. The highest BCUT2D eigenvalue weighted by molar-refractivity contribution is 14.1. The van der Waals surface area contributed by atoms with Crippen molar-refractivity contribution < 1.29 is 9.53 Å². The van der Waals surface area contributed by atoms with Crippen LogP contribution >= 0.6 is 22.6 Å². The molecule has 0 spiro atoms. The number of pyridine rings is 1. The molecule has 6 heteroatoms. The lowest BCUT2D eigenvalue weighted by Gasteiger charge is -2.06. The van der Waals surface area contributed by atoms with E-state index in [4.69, 9.17) is 0 Å². The summed E-state index contributed by atoms with van der Waals surface area (Å²) in [7, 11) is 1.37. The molecule has 0 aromatic carbocycles. The van der Waals surface area contributed by atoms with Crippen molar-refractivity contribution in [3.8, 4) is 0 Å². The summed E-state index contributed by atoms with van der Waals surface area (Å²) < 4.78 is 5.46. The number of anilines is 1. The number of ether oxygens (including phenoxy) is 1. The Kier molecular flexibility index (Phi) is 6.09. The van der Waals surface area contributed by atoms with Crippen LogP contribution in [0.5, 0.6) is 0 Å². The summed E-state index contributed by atoms with van der Waals surface area (Å²) in [4.78, 5) is 14.9. The Morgan fingerprint density at radius 2 is 2.31 bits per heavy atom. The van der Waals surface area contributed by atoms with Crippen LogP contribution < -0.4 is 10.6 Å². The lowest BCUT2D eigenvalue weighted by Crippen LogP contribution is -2.28. The molecule has 0 aliphatic carbocycles. The van der Waals surface area contributed by atoms with Gasteiger partial charge in [-0.05, 0) is 34.7 Å². The van der Waals surface area contributed by atoms with Crippen LogP contribution in [0.4, 0.5) is 5.69 Å². The van der Waals surface area contributed by atoms with E-state index in [0.29, 0.717) is 6.54 Å². The Morgan fingerprint density at radius 1 is 1.50 bits per heavy atom. The van der Waals surface area contributed by atoms with Crippen molar-refractivity contribution >= 4 is 34.2 Å². The number of nitrogens with one attached hydrogen (secondary N) is 2. The van der Waals surface area contributed by atoms with Crippen molar-refractivity contribution in [3.05, 3.63) is 22.0 Å². The summed E-state index contributed by atoms with van der Waals surface area (Å²) in [5.41, 5.74) is 0.972. The van der Waals surface area contributed by atoms with Crippen molar-refractivity contribution in [1.82, 2.24) is 10.3 Å². The zero-order chi connectivity index (χ0) is 11.8. The standard InChI is InChI=1S/C10H14IN3O2/c1-16-10(15)7-12-4-5-13-8-2-3-9(11)14-6-8/h2-3,6,12-13H,4-5,7H2,1H3. The number of aromatic nitrogens is 1. The minimum Gasteiger partial charge on any atom is -0.468 e. The number of nitrogens with zero attached hydrogens (tertiary/aromatic N) is 1. The van der Waals surface area contributed by atoms with Gasteiger partial charge < -0.3 is 15.4 Å². The van der Waals surface area contributed by atoms with E-state index in [-0.39, 0.29) is 12.5 Å². The molecule has 0 atom stereocenters. The summed E-state index contributed by atoms with van der Waals surface area (Å²) in [6, 6.07) is 3.90. The number of rotatable bonds is 6. The summed E-state index contributed by atoms with van der Waals surface area (Å²) in [6.07, 6.45) is 1.78. The van der Waals surface area contributed by atoms with Gasteiger partial charge in [0.05, 0.1) is 25.5 Å². The van der Waals surface area contributed by atoms with E-state index in [9.17, 15) is 4.79 Å². The number of carbonyl (C=O) groups is 1. The van der Waals surface area contributed by atoms with Gasteiger partial charge in [-0.2, -0.15) is 0 Å². The van der Waals surface area contributed by atoms with Crippen molar-refractivity contribution in [1.29, 1.82) is 0 Å². The molecule has 0 saturated carbocycles. The minimum absolute atomic E-state index is 0.239. The van der Waals surface area contributed by atoms with Crippen molar-refractivity contribution in [2.45, 2.75) is 0 Å². The lowest BCUT2D eigenvalue weighted by molar-refractivity contribution is -0.139. The van der Waals surface area contributed by atoms with Gasteiger partial charge >= 0.3 is 5.97 Å². The van der Waals surface area contributed by atoms with Crippen LogP contribution in [0, 0.1) is 3.70 Å². The Hall–Kier alpha value is -0.890. The summed E-state index contributed by atoms with van der Waals surface area (Å²) in [5.74, 6) is -0.254. The second-order valence-electron chi connectivity index (χ2n) is 3.05. The van der Waals surface area contributed by atoms with E-state index in [0.717, 1.165) is 15.9 Å². The Morgan fingerprint density at radius 3 is 2.94 bits per heavy atom. The van der Waals surface area contributed by atoms with Gasteiger partial charge in [0.2, 0.25) is 0 Å². The monoisotopic (exact) mass is 335 g/mol. The number of hydrogen-bond acceptors (Lipinski definition) is 5. The fraction of sp³-hybridized carbons (Fsp3) is 0.400. The van der Waals surface area contributed by atoms with Gasteiger partial charge in [-0.15, -0.1) is 0 Å². The predicted molar refractivity (Wildman–Crippen MR) is 70.3 cm³/mol. The number of methoxy groups -OCH3 is 1. The fourth-order valence-electron chi connectivity index (χ4n) is 1.04. The summed E-state index contributed by atoms with van der Waals surface area (Å²) in [5, 5.41) is 6.14. The smallest absolute Gasteiger partial charge is 0.319 e. The topological polar surface area (TPSA) is 63.2 Å². The van der Waals surface area contributed by atoms with Crippen molar-refractivity contribution in [2.24, 2.45) is 0 Å². The number of halogens is 1. The normalized spacial score (nSPS) is 9.88. The lowest BCUT2D eigenvalue weighted by atomic mass is 10.4. The average molecular weight is 335 g/mol. The third-order valence-corrected chi connectivity index (χ3v) is 2.49. The van der Waals surface area contributed by atoms with Gasteiger partial charge in [0, 0.05) is 13.1 Å². The molecule has 1 aromatic rings. The molecule has 1 rings (SSSR count). The molecular formula is C10H14IN3O2. The average Bonchev–Trinajstić information content (AvgIpc) is 2.31. The van der Waals surface area contributed by atoms with Gasteiger partial charge in [0.25, 0.3) is 0 Å². The quantitative estimate of drug-likeness (QED) is 0.349. The van der Waals surface area contributed by atoms with E-state index in [1.807, 2.05) is 12.1 Å². The summed E-state index contributed by atoms with van der Waals surface area (Å²) in [6.45, 7) is 1.67. The second kappa shape index (κ2) is 7.39. The third-order valence-electron chi connectivity index (χ3n) is 1.86. The minimum atomic E-state index is -0.254. The van der Waals surface area contributed by atoms with Crippen LogP contribution in [0.1, 0.15) is 0 Å². The summed E-state index contributed by atoms with van der Waals surface area (Å²) >= 11 is 2.16. The maximum atomic E-state index is 10.8. The second-order valence-corrected chi connectivity index (χ2v) is 4.15. The van der Waals surface area contributed by atoms with Crippen LogP contribution in [0.2, 0.25) is 0 Å². The fourth-order valence-corrected chi connectivity index (χ4v) is 1.36. The van der Waals surface area contributed by atoms with Crippen LogP contribution in [-0.2, 0) is 9.53 Å². The van der Waals surface area contributed by atoms with Gasteiger partial charge in [0.1, 0.15) is 3.70 Å². The number of hydrogen-bond donors (Lipinski definition) is 2. The maximum absolute atomic E-state index is 10.8. The predicted octanol–water partition coefficient (Wildman–Crippen LogP) is 0.861. The first-order chi connectivity index (χ1) is 7.72. The zero-order valence-corrected chi connectivity index (χ0v) is 11.2. The highest BCUT2D eigenvalue weighted by atomic mass is 127. The van der Waals surface area contributed by atoms with Crippen molar-refractivity contribution in [3.63, 3.8) is 0 Å². The molecule has 1 aromatic heterocycles. The number of esters is 1. The Labute approximate surface area is 108 Å². The maximum Gasteiger partial charge on any atom is 0.319 e. The molecule has 1 heterocycles. The molecule has 0 amide bonds. The Bertz CT molecular complexity index is 329. The molecule has 2 N–H and O–H groups in total. The molecule has 0 unspecified atom stereocenters. The molecule has 0 bridgehead atoms. The molecule has 0 radical (unpaired) electrons. The van der Waals surface area contributed by atoms with Crippen LogP contribution in [0.15, 0.2) is 18.3 Å². The SMILES string of the molecule is COC(=O)CNCCNc1ccc(I)nc1. The number of carbonyl (C=O) groups excluding carboxylic acids is 1. The highest BCUT2D eigenvalue weighted by Gasteiger charge is 1.97. The molecule has 88 valence electrons. The van der Waals surface area contributed by atoms with E-state index in [1.165, 1.54) is 7.11 Å². The zero-order valence-electron chi connectivity index (χ0n) is 9.00. The Balaban J connectivity index is 2.11. The first-order valence-electron chi connectivity index (χ1n) is 4.85. The first-order valence-corrected chi connectivity index (χ1v) is 5.93. The molecule has 0 fully saturated rings. The van der Waals surface area contributed by atoms with E-state index in [2.05, 4.69) is 42.9 Å². The third kappa shape index (κ3) is 5.26. The largest absolute Gasteiger partial charge is 0.468 e. The molecule has 16 heavy (non-hydrogen) atoms. The van der Waals surface area contributed by atoms with Gasteiger partial charge in [-0.3, -0.25) is 4.79 Å². The van der Waals surface area contributed by atoms with E-state index >= 15 is 0 Å². The van der Waals surface area contributed by atoms with Crippen LogP contribution in [-0.4, -0.2) is 37.7 Å².